The molecule has 9 heteroatoms. The van der Waals surface area contributed by atoms with Gasteiger partial charge in [-0.1, -0.05) is 36.3 Å². The van der Waals surface area contributed by atoms with Crippen LogP contribution in [0.4, 0.5) is 10.5 Å². The van der Waals surface area contributed by atoms with Crippen molar-refractivity contribution in [3.05, 3.63) is 39.0 Å². The van der Waals surface area contributed by atoms with Gasteiger partial charge in [-0.25, -0.2) is 15.2 Å². The number of thiazole rings is 1. The average Bonchev–Trinajstić information content (AvgIpc) is 2.94. The Kier molecular flexibility index (Phi) is 7.87. The van der Waals surface area contributed by atoms with Crippen LogP contribution in [0.2, 0.25) is 5.02 Å². The molecule has 0 aliphatic rings. The second-order valence-electron chi connectivity index (χ2n) is 7.44. The van der Waals surface area contributed by atoms with Crippen molar-refractivity contribution in [2.75, 3.05) is 0 Å². The van der Waals surface area contributed by atoms with Crippen molar-refractivity contribution >= 4 is 40.4 Å². The van der Waals surface area contributed by atoms with E-state index in [-0.39, 0.29) is 5.88 Å². The summed E-state index contributed by atoms with van der Waals surface area (Å²) in [4.78, 5) is 17.6. The van der Waals surface area contributed by atoms with Crippen molar-refractivity contribution in [3.63, 3.8) is 0 Å². The molecule has 0 aliphatic carbocycles. The molecule has 0 atom stereocenters. The number of aromatic hydroxyl groups is 1. The molecule has 0 radical (unpaired) electrons. The van der Waals surface area contributed by atoms with Crippen LogP contribution in [0.15, 0.2) is 34.4 Å². The number of hydrogen-bond acceptors (Lipinski definition) is 6. The molecule has 0 bridgehead atoms. The van der Waals surface area contributed by atoms with Crippen molar-refractivity contribution in [3.8, 4) is 5.88 Å². The van der Waals surface area contributed by atoms with E-state index in [9.17, 15) is 9.90 Å². The van der Waals surface area contributed by atoms with Crippen molar-refractivity contribution in [2.24, 2.45) is 10.1 Å². The van der Waals surface area contributed by atoms with Crippen LogP contribution in [0.5, 0.6) is 5.88 Å². The maximum Gasteiger partial charge on any atom is 0.428 e. The molecule has 0 saturated carbocycles. The number of hydrazone groups is 1. The Morgan fingerprint density at radius 3 is 2.55 bits per heavy atom. The molecule has 0 unspecified atom stereocenters. The highest BCUT2D eigenvalue weighted by Gasteiger charge is 2.18. The van der Waals surface area contributed by atoms with Gasteiger partial charge >= 0.3 is 6.09 Å². The van der Waals surface area contributed by atoms with Gasteiger partial charge in [-0.2, -0.15) is 5.10 Å². The van der Waals surface area contributed by atoms with Gasteiger partial charge in [0, 0.05) is 11.6 Å². The number of halogens is 1. The minimum atomic E-state index is -0.655. The van der Waals surface area contributed by atoms with Crippen molar-refractivity contribution in [1.29, 1.82) is 0 Å². The fourth-order valence-corrected chi connectivity index (χ4v) is 3.49. The summed E-state index contributed by atoms with van der Waals surface area (Å²) < 4.78 is 6.93. The molecule has 0 fully saturated rings. The number of amides is 1. The largest absolute Gasteiger partial charge is 0.493 e. The highest BCUT2D eigenvalue weighted by atomic mass is 35.5. The van der Waals surface area contributed by atoms with Gasteiger partial charge in [0.15, 0.2) is 4.80 Å². The van der Waals surface area contributed by atoms with E-state index in [4.69, 9.17) is 16.3 Å². The monoisotopic (exact) mass is 438 g/mol. The molecule has 1 heterocycles. The predicted octanol–water partition coefficient (Wildman–Crippen LogP) is 5.19. The van der Waals surface area contributed by atoms with Gasteiger partial charge in [0.05, 0.1) is 11.4 Å². The van der Waals surface area contributed by atoms with E-state index >= 15 is 0 Å². The molecular weight excluding hydrogens is 412 g/mol. The fraction of sp³-hybridized carbons (Fsp3) is 0.450. The lowest BCUT2D eigenvalue weighted by molar-refractivity contribution is 0.0529. The summed E-state index contributed by atoms with van der Waals surface area (Å²) in [5.41, 5.74) is 2.93. The van der Waals surface area contributed by atoms with E-state index in [2.05, 4.69) is 22.4 Å². The van der Waals surface area contributed by atoms with E-state index in [0.717, 1.165) is 18.5 Å². The average molecular weight is 439 g/mol. The molecule has 1 aromatic heterocycles. The standard InChI is InChI=1S/C20H27ClN4O3S/c1-6-7-12-25-17(26)16(13(2)23-24-19(27)28-20(3,4)5)29-18(25)22-15-10-8-14(21)9-11-15/h8-11,26H,6-7,12H2,1-5H3,(H,24,27)/b22-18?,23-13+. The number of nitrogens with one attached hydrogen (secondary N) is 1. The Balaban J connectivity index is 2.37. The highest BCUT2D eigenvalue weighted by molar-refractivity contribution is 7.11. The van der Waals surface area contributed by atoms with Gasteiger partial charge in [-0.05, 0) is 58.4 Å². The smallest absolute Gasteiger partial charge is 0.428 e. The first-order valence-corrected chi connectivity index (χ1v) is 10.6. The molecule has 7 nitrogen and oxygen atoms in total. The summed E-state index contributed by atoms with van der Waals surface area (Å²) in [6.45, 7) is 9.73. The van der Waals surface area contributed by atoms with Crippen LogP contribution in [0.25, 0.3) is 0 Å². The predicted molar refractivity (Wildman–Crippen MR) is 117 cm³/mol. The zero-order valence-corrected chi connectivity index (χ0v) is 18.9. The minimum Gasteiger partial charge on any atom is -0.493 e. The van der Waals surface area contributed by atoms with Gasteiger partial charge < -0.3 is 9.84 Å². The Hall–Kier alpha value is -2.32. The number of ether oxygens (including phenoxy) is 1. The van der Waals surface area contributed by atoms with Gasteiger partial charge in [0.25, 0.3) is 0 Å². The first kappa shape index (κ1) is 23.0. The molecule has 0 aliphatic heterocycles. The number of aromatic nitrogens is 1. The zero-order valence-electron chi connectivity index (χ0n) is 17.3. The van der Waals surface area contributed by atoms with E-state index in [1.165, 1.54) is 11.3 Å². The summed E-state index contributed by atoms with van der Waals surface area (Å²) in [6, 6.07) is 7.16. The molecular formula is C20H27ClN4O3S. The van der Waals surface area contributed by atoms with E-state index in [1.807, 2.05) is 12.1 Å². The second kappa shape index (κ2) is 9.93. The number of rotatable bonds is 6. The van der Waals surface area contributed by atoms with E-state index < -0.39 is 11.7 Å². The van der Waals surface area contributed by atoms with Crippen LogP contribution in [-0.4, -0.2) is 27.1 Å². The van der Waals surface area contributed by atoms with Gasteiger partial charge in [-0.3, -0.25) is 4.57 Å². The zero-order chi connectivity index (χ0) is 21.6. The quantitative estimate of drug-likeness (QED) is 0.480. The third-order valence-corrected chi connectivity index (χ3v) is 5.14. The SMILES string of the molecule is CCCCn1c(O)c(/C(C)=N/NC(=O)OC(C)(C)C)sc1=Nc1ccc(Cl)cc1. The Bertz CT molecular complexity index is 940. The van der Waals surface area contributed by atoms with Crippen LogP contribution in [0.1, 0.15) is 52.3 Å². The molecule has 2 rings (SSSR count). The maximum absolute atomic E-state index is 11.8. The van der Waals surface area contributed by atoms with Crippen LogP contribution >= 0.6 is 22.9 Å². The number of unbranched alkanes of at least 4 members (excludes halogenated alkanes) is 1. The van der Waals surface area contributed by atoms with Crippen LogP contribution < -0.4 is 10.2 Å². The summed E-state index contributed by atoms with van der Waals surface area (Å²) >= 11 is 7.24. The lowest BCUT2D eigenvalue weighted by atomic mass is 10.2. The summed E-state index contributed by atoms with van der Waals surface area (Å²) in [6.07, 6.45) is 1.22. The fourth-order valence-electron chi connectivity index (χ4n) is 2.35. The van der Waals surface area contributed by atoms with Crippen molar-refractivity contribution in [2.45, 2.75) is 59.6 Å². The van der Waals surface area contributed by atoms with Gasteiger partial charge in [0.1, 0.15) is 10.5 Å². The first-order valence-electron chi connectivity index (χ1n) is 9.37. The second-order valence-corrected chi connectivity index (χ2v) is 8.86. The normalized spacial score (nSPS) is 12.9. The lowest BCUT2D eigenvalue weighted by Gasteiger charge is -2.18. The molecule has 0 spiro atoms. The van der Waals surface area contributed by atoms with Crippen molar-refractivity contribution in [1.82, 2.24) is 9.99 Å². The Labute approximate surface area is 179 Å². The summed E-state index contributed by atoms with van der Waals surface area (Å²) in [7, 11) is 0. The van der Waals surface area contributed by atoms with Gasteiger partial charge in [-0.15, -0.1) is 0 Å². The number of benzene rings is 1. The van der Waals surface area contributed by atoms with E-state index in [0.29, 0.717) is 27.0 Å². The van der Waals surface area contributed by atoms with E-state index in [1.54, 1.807) is 44.4 Å². The number of nitrogens with zero attached hydrogens (tertiary/aromatic N) is 3. The molecule has 2 aromatic rings. The van der Waals surface area contributed by atoms with Crippen LogP contribution in [0.3, 0.4) is 0 Å². The lowest BCUT2D eigenvalue weighted by Crippen LogP contribution is -2.30. The maximum atomic E-state index is 11.8. The minimum absolute atomic E-state index is 0.0726. The van der Waals surface area contributed by atoms with Crippen LogP contribution in [-0.2, 0) is 11.3 Å². The Morgan fingerprint density at radius 1 is 1.31 bits per heavy atom. The number of hydrogen-bond donors (Lipinski definition) is 2. The summed E-state index contributed by atoms with van der Waals surface area (Å²) in [5, 5.41) is 15.4. The number of carbonyl (C=O) groups excluding carboxylic acids is 1. The molecule has 1 amide bonds. The molecule has 0 saturated heterocycles. The van der Waals surface area contributed by atoms with Gasteiger partial charge in [0.2, 0.25) is 5.88 Å². The highest BCUT2D eigenvalue weighted by Crippen LogP contribution is 2.23. The molecule has 1 aromatic carbocycles. The third-order valence-electron chi connectivity index (χ3n) is 3.71. The van der Waals surface area contributed by atoms with Crippen LogP contribution in [0, 0.1) is 0 Å². The molecule has 29 heavy (non-hydrogen) atoms. The summed E-state index contributed by atoms with van der Waals surface area (Å²) in [5.74, 6) is 0.0726. The first-order chi connectivity index (χ1) is 13.6. The van der Waals surface area contributed by atoms with Crippen molar-refractivity contribution < 1.29 is 14.6 Å². The molecule has 158 valence electrons. The Morgan fingerprint density at radius 2 is 1.97 bits per heavy atom. The topological polar surface area (TPSA) is 88.2 Å². The number of carbonyl (C=O) groups is 1. The third kappa shape index (κ3) is 6.90. The molecule has 2 N–H and O–H groups in total.